The Morgan fingerprint density at radius 1 is 0.674 bits per heavy atom. The monoisotopic (exact) mass is 580 g/mol. The molecule has 0 atom stereocenters. The van der Waals surface area contributed by atoms with Crippen LogP contribution in [0.25, 0.3) is 11.1 Å². The molecule has 4 aromatic carbocycles. The second kappa shape index (κ2) is 14.0. The van der Waals surface area contributed by atoms with Gasteiger partial charge in [-0.3, -0.25) is 9.59 Å². The van der Waals surface area contributed by atoms with Gasteiger partial charge in [0.25, 0.3) is 5.91 Å². The molecule has 1 aliphatic rings. The molecule has 2 amide bonds. The van der Waals surface area contributed by atoms with Crippen molar-refractivity contribution in [2.45, 2.75) is 19.1 Å². The first-order valence-corrected chi connectivity index (χ1v) is 13.9. The molecule has 0 bridgehead atoms. The third kappa shape index (κ3) is 7.71. The predicted molar refractivity (Wildman–Crippen MR) is 160 cm³/mol. The van der Waals surface area contributed by atoms with Gasteiger partial charge in [-0.1, -0.05) is 72.8 Å². The lowest BCUT2D eigenvalue weighted by atomic mass is 9.98. The molecule has 9 nitrogen and oxygen atoms in total. The number of amides is 2. The summed E-state index contributed by atoms with van der Waals surface area (Å²) in [6, 6.07) is 30.7. The van der Waals surface area contributed by atoms with Crippen LogP contribution in [-0.4, -0.2) is 44.8 Å². The Morgan fingerprint density at radius 2 is 1.23 bits per heavy atom. The topological polar surface area (TPSA) is 112 Å². The van der Waals surface area contributed by atoms with Crippen LogP contribution in [0.1, 0.15) is 28.2 Å². The van der Waals surface area contributed by atoms with Crippen LogP contribution in [0.5, 0.6) is 11.5 Å². The molecule has 2 N–H and O–H groups in total. The van der Waals surface area contributed by atoms with Crippen molar-refractivity contribution in [2.24, 2.45) is 0 Å². The van der Waals surface area contributed by atoms with Crippen LogP contribution in [0, 0.1) is 0 Å². The zero-order valence-corrected chi connectivity index (χ0v) is 23.7. The minimum absolute atomic E-state index is 0.0386. The maximum atomic E-state index is 12.3. The van der Waals surface area contributed by atoms with Crippen LogP contribution in [0.2, 0.25) is 0 Å². The summed E-state index contributed by atoms with van der Waals surface area (Å²) in [7, 11) is 1.56. The summed E-state index contributed by atoms with van der Waals surface area (Å²) in [5.74, 6) is 0.428. The van der Waals surface area contributed by atoms with Crippen LogP contribution in [0.4, 0.5) is 4.79 Å². The fourth-order valence-corrected chi connectivity index (χ4v) is 4.76. The van der Waals surface area contributed by atoms with Gasteiger partial charge in [0, 0.05) is 13.0 Å². The lowest BCUT2D eigenvalue weighted by Gasteiger charge is -2.14. The van der Waals surface area contributed by atoms with E-state index in [1.165, 1.54) is 0 Å². The lowest BCUT2D eigenvalue weighted by molar-refractivity contribution is -0.143. The number of esters is 1. The van der Waals surface area contributed by atoms with Crippen molar-refractivity contribution >= 4 is 18.0 Å². The Morgan fingerprint density at radius 3 is 1.84 bits per heavy atom. The van der Waals surface area contributed by atoms with E-state index in [1.807, 2.05) is 48.5 Å². The van der Waals surface area contributed by atoms with Crippen LogP contribution in [0.3, 0.4) is 0 Å². The molecule has 0 unspecified atom stereocenters. The number of alkyl carbamates (subject to hydrolysis) is 1. The average Bonchev–Trinajstić information content (AvgIpc) is 3.37. The Hall–Kier alpha value is -5.31. The summed E-state index contributed by atoms with van der Waals surface area (Å²) in [4.78, 5) is 35.8. The van der Waals surface area contributed by atoms with Crippen molar-refractivity contribution in [2.75, 3.05) is 26.8 Å². The van der Waals surface area contributed by atoms with Gasteiger partial charge in [-0.2, -0.15) is 0 Å². The normalized spacial score (nSPS) is 11.6. The number of fused-ring (bicyclic) bond motifs is 3. The second-order valence-electron chi connectivity index (χ2n) is 9.88. The van der Waals surface area contributed by atoms with E-state index < -0.39 is 12.1 Å². The molecule has 43 heavy (non-hydrogen) atoms. The first kappa shape index (κ1) is 29.2. The first-order chi connectivity index (χ1) is 21.0. The highest BCUT2D eigenvalue weighted by Gasteiger charge is 2.29. The molecule has 0 fully saturated rings. The molecular formula is C34H32N2O7. The Kier molecular flexibility index (Phi) is 9.53. The van der Waals surface area contributed by atoms with Gasteiger partial charge in [0.1, 0.15) is 37.9 Å². The molecule has 1 aliphatic carbocycles. The first-order valence-electron chi connectivity index (χ1n) is 13.9. The van der Waals surface area contributed by atoms with E-state index in [1.54, 1.807) is 43.4 Å². The predicted octanol–water partition coefficient (Wildman–Crippen LogP) is 4.97. The van der Waals surface area contributed by atoms with Crippen LogP contribution in [-0.2, 0) is 32.3 Å². The maximum absolute atomic E-state index is 12.3. The summed E-state index contributed by atoms with van der Waals surface area (Å²) >= 11 is 0. The minimum atomic E-state index is -0.675. The molecule has 0 saturated heterocycles. The summed E-state index contributed by atoms with van der Waals surface area (Å²) in [5, 5.41) is 4.97. The number of carbonyl (C=O) groups excluding carboxylic acids is 3. The third-order valence-corrected chi connectivity index (χ3v) is 7.02. The van der Waals surface area contributed by atoms with E-state index in [2.05, 4.69) is 22.8 Å². The molecule has 4 aromatic rings. The van der Waals surface area contributed by atoms with Crippen LogP contribution >= 0.6 is 0 Å². The zero-order valence-electron chi connectivity index (χ0n) is 23.7. The number of benzene rings is 4. The SMILES string of the molecule is CNC(=O)COc1ccc(COc2ccc(COC(=O)CNC(=O)OCC3c4ccccc4-c4ccccc43)cc2)cc1. The van der Waals surface area contributed by atoms with E-state index in [4.69, 9.17) is 18.9 Å². The highest BCUT2D eigenvalue weighted by Crippen LogP contribution is 2.44. The summed E-state index contributed by atoms with van der Waals surface area (Å²) < 4.78 is 22.0. The quantitative estimate of drug-likeness (QED) is 0.228. The van der Waals surface area contributed by atoms with Crippen molar-refractivity contribution < 1.29 is 33.3 Å². The summed E-state index contributed by atoms with van der Waals surface area (Å²) in [6.45, 7) is 0.243. The van der Waals surface area contributed by atoms with Crippen LogP contribution in [0.15, 0.2) is 97.1 Å². The standard InChI is InChI=1S/C34H32N2O7/c1-35-32(37)22-41-26-16-10-23(11-17-26)19-40-25-14-12-24(13-15-25)20-42-33(38)18-36-34(39)43-21-31-29-8-4-2-6-27(29)28-7-3-5-9-30(28)31/h2-17,31H,18-22H2,1H3,(H,35,37)(H,36,39). The molecule has 0 aliphatic heterocycles. The van der Waals surface area contributed by atoms with E-state index >= 15 is 0 Å². The Bertz CT molecular complexity index is 1520. The van der Waals surface area contributed by atoms with Gasteiger partial charge in [-0.05, 0) is 57.6 Å². The van der Waals surface area contributed by atoms with Crippen molar-refractivity contribution in [3.05, 3.63) is 119 Å². The number of hydrogen-bond donors (Lipinski definition) is 2. The third-order valence-electron chi connectivity index (χ3n) is 7.02. The molecular weight excluding hydrogens is 548 g/mol. The van der Waals surface area contributed by atoms with Crippen molar-refractivity contribution in [3.8, 4) is 22.6 Å². The molecule has 5 rings (SSSR count). The van der Waals surface area contributed by atoms with Crippen LogP contribution < -0.4 is 20.1 Å². The number of carbonyl (C=O) groups is 3. The number of ether oxygens (including phenoxy) is 4. The smallest absolute Gasteiger partial charge is 0.407 e. The fraction of sp³-hybridized carbons (Fsp3) is 0.206. The second-order valence-corrected chi connectivity index (χ2v) is 9.88. The molecule has 220 valence electrons. The van der Waals surface area contributed by atoms with E-state index in [9.17, 15) is 14.4 Å². The van der Waals surface area contributed by atoms with Gasteiger partial charge in [0.15, 0.2) is 6.61 Å². The average molecular weight is 581 g/mol. The van der Waals surface area contributed by atoms with E-state index in [-0.39, 0.29) is 38.2 Å². The molecule has 0 radical (unpaired) electrons. The number of hydrogen-bond acceptors (Lipinski definition) is 7. The van der Waals surface area contributed by atoms with Crippen molar-refractivity contribution in [1.29, 1.82) is 0 Å². The zero-order chi connectivity index (χ0) is 30.0. The largest absolute Gasteiger partial charge is 0.489 e. The maximum Gasteiger partial charge on any atom is 0.407 e. The molecule has 0 spiro atoms. The van der Waals surface area contributed by atoms with Gasteiger partial charge in [-0.25, -0.2) is 4.79 Å². The molecule has 0 saturated carbocycles. The minimum Gasteiger partial charge on any atom is -0.489 e. The van der Waals surface area contributed by atoms with E-state index in [0.29, 0.717) is 18.1 Å². The Labute approximate surface area is 249 Å². The highest BCUT2D eigenvalue weighted by molar-refractivity contribution is 5.80. The molecule has 0 heterocycles. The Balaban J connectivity index is 1.00. The van der Waals surface area contributed by atoms with E-state index in [0.717, 1.165) is 33.4 Å². The molecule has 9 heteroatoms. The van der Waals surface area contributed by atoms with Gasteiger partial charge >= 0.3 is 12.1 Å². The van der Waals surface area contributed by atoms with Crippen molar-refractivity contribution in [1.82, 2.24) is 10.6 Å². The fourth-order valence-electron chi connectivity index (χ4n) is 4.76. The number of likely N-dealkylation sites (N-methyl/N-ethyl adjacent to an activating group) is 1. The molecule has 0 aromatic heterocycles. The number of rotatable bonds is 12. The van der Waals surface area contributed by atoms with Gasteiger partial charge < -0.3 is 29.6 Å². The summed E-state index contributed by atoms with van der Waals surface area (Å²) in [6.07, 6.45) is -0.675. The van der Waals surface area contributed by atoms with Gasteiger partial charge in [0.2, 0.25) is 0 Å². The highest BCUT2D eigenvalue weighted by atomic mass is 16.6. The van der Waals surface area contributed by atoms with Gasteiger partial charge in [-0.15, -0.1) is 0 Å². The number of nitrogens with one attached hydrogen (secondary N) is 2. The van der Waals surface area contributed by atoms with Gasteiger partial charge in [0.05, 0.1) is 0 Å². The summed E-state index contributed by atoms with van der Waals surface area (Å²) in [5.41, 5.74) is 6.24. The lowest BCUT2D eigenvalue weighted by Crippen LogP contribution is -2.32. The van der Waals surface area contributed by atoms with Crippen molar-refractivity contribution in [3.63, 3.8) is 0 Å².